The molecule has 23 heavy (non-hydrogen) atoms. The van der Waals surface area contributed by atoms with Crippen LogP contribution < -0.4 is 0 Å². The molecule has 0 aromatic rings. The molecule has 0 radical (unpaired) electrons. The third-order valence-corrected chi connectivity index (χ3v) is 9.14. The van der Waals surface area contributed by atoms with E-state index in [1.54, 1.807) is 55.4 Å². The number of rotatable bonds is 5. The highest BCUT2D eigenvalue weighted by atomic mass is 31.2. The van der Waals surface area contributed by atoms with Gasteiger partial charge in [-0.2, -0.15) is 0 Å². The first-order chi connectivity index (χ1) is 10.0. The quantitative estimate of drug-likeness (QED) is 0.546. The Balaban J connectivity index is -0.000000273. The van der Waals surface area contributed by atoms with Crippen molar-refractivity contribution >= 4 is 14.7 Å². The van der Waals surface area contributed by atoms with Crippen molar-refractivity contribution in [3.8, 4) is 0 Å². The van der Waals surface area contributed by atoms with Gasteiger partial charge in [0.05, 0.1) is 12.7 Å². The van der Waals surface area contributed by atoms with E-state index < -0.39 is 20.8 Å². The van der Waals surface area contributed by atoms with Crippen molar-refractivity contribution in [2.24, 2.45) is 0 Å². The van der Waals surface area contributed by atoms with Gasteiger partial charge >= 0.3 is 0 Å². The van der Waals surface area contributed by atoms with Gasteiger partial charge < -0.3 is 20.0 Å². The smallest absolute Gasteiger partial charge is 0.205 e. The summed E-state index contributed by atoms with van der Waals surface area (Å²) in [6, 6.07) is 0. The third kappa shape index (κ3) is 13.3. The lowest BCUT2D eigenvalue weighted by Gasteiger charge is -2.18. The van der Waals surface area contributed by atoms with Gasteiger partial charge in [0.2, 0.25) is 14.7 Å². The Labute approximate surface area is 142 Å². The van der Waals surface area contributed by atoms with Crippen molar-refractivity contribution in [1.29, 1.82) is 0 Å². The van der Waals surface area contributed by atoms with Gasteiger partial charge in [-0.1, -0.05) is 55.4 Å². The van der Waals surface area contributed by atoms with Crippen LogP contribution in [0.5, 0.6) is 0 Å². The summed E-state index contributed by atoms with van der Waals surface area (Å²) >= 11 is 0. The molecule has 6 nitrogen and oxygen atoms in total. The fraction of sp³-hybridized carbons (Fsp3) is 1.00. The molecule has 0 aliphatic heterocycles. The van der Waals surface area contributed by atoms with E-state index in [-0.39, 0.29) is 29.2 Å². The lowest BCUT2D eigenvalue weighted by Crippen LogP contribution is -2.06. The van der Waals surface area contributed by atoms with Crippen LogP contribution in [0.25, 0.3) is 0 Å². The van der Waals surface area contributed by atoms with E-state index in [1.807, 2.05) is 0 Å². The average Bonchev–Trinajstić information content (AvgIpc) is 2.39. The highest BCUT2D eigenvalue weighted by Gasteiger charge is 2.27. The lowest BCUT2D eigenvalue weighted by atomic mass is 10.5. The first-order valence-electron chi connectivity index (χ1n) is 7.98. The Morgan fingerprint density at radius 1 is 0.652 bits per heavy atom. The zero-order valence-corrected chi connectivity index (χ0v) is 17.9. The summed E-state index contributed by atoms with van der Waals surface area (Å²) in [5.74, 6) is 0. The van der Waals surface area contributed by atoms with Crippen molar-refractivity contribution in [3.63, 3.8) is 0 Å². The first kappa shape index (κ1) is 28.1. The largest absolute Gasteiger partial charge is 0.394 e. The second-order valence-corrected chi connectivity index (χ2v) is 13.6. The van der Waals surface area contributed by atoms with Crippen LogP contribution >= 0.6 is 14.7 Å². The predicted molar refractivity (Wildman–Crippen MR) is 99.0 cm³/mol. The molecule has 0 amide bonds. The molecule has 0 aliphatic carbocycles. The van der Waals surface area contributed by atoms with Crippen LogP contribution in [-0.2, 0) is 9.13 Å². The molecule has 4 N–H and O–H groups in total. The normalized spacial score (nSPS) is 13.6. The number of aliphatic hydroxyl groups excluding tert-OH is 2. The average molecular weight is 376 g/mol. The van der Waals surface area contributed by atoms with Crippen LogP contribution in [0.2, 0.25) is 0 Å². The van der Waals surface area contributed by atoms with Crippen molar-refractivity contribution in [2.45, 2.75) is 91.1 Å². The molecule has 8 heteroatoms. The van der Waals surface area contributed by atoms with Crippen LogP contribution in [0.4, 0.5) is 0 Å². The zero-order chi connectivity index (χ0) is 19.6. The standard InChI is InChI=1S/2C6H15O2P.C3H8O2/c2*1-5(2)9(7,8)6(3)4;1-3(5)2-4/h2*5-6H,1-4H3,(H,7,8);3-5H,2H2,1H3. The van der Waals surface area contributed by atoms with Gasteiger partial charge in [0.15, 0.2) is 0 Å². The molecule has 0 aromatic carbocycles. The van der Waals surface area contributed by atoms with E-state index in [4.69, 9.17) is 10.2 Å². The second kappa shape index (κ2) is 12.6. The molecule has 0 fully saturated rings. The van der Waals surface area contributed by atoms with Crippen LogP contribution in [0.15, 0.2) is 0 Å². The SMILES string of the molecule is CC(C)P(=O)(O)C(C)C.CC(C)P(=O)(O)C(C)C.CC(O)CO. The van der Waals surface area contributed by atoms with Gasteiger partial charge in [0.1, 0.15) is 0 Å². The minimum absolute atomic E-state index is 0.0995. The molecule has 0 heterocycles. The zero-order valence-electron chi connectivity index (χ0n) is 16.1. The van der Waals surface area contributed by atoms with E-state index in [9.17, 15) is 18.9 Å². The summed E-state index contributed by atoms with van der Waals surface area (Å²) in [6.45, 7) is 15.6. The van der Waals surface area contributed by atoms with Crippen LogP contribution in [0.3, 0.4) is 0 Å². The molecule has 0 bridgehead atoms. The molecule has 0 saturated heterocycles. The Bertz CT molecular complexity index is 322. The molecule has 1 atom stereocenters. The molecular weight excluding hydrogens is 338 g/mol. The fourth-order valence-corrected chi connectivity index (χ4v) is 3.58. The van der Waals surface area contributed by atoms with Crippen molar-refractivity contribution in [1.82, 2.24) is 0 Å². The Hall–Kier alpha value is 0.300. The van der Waals surface area contributed by atoms with Crippen molar-refractivity contribution < 1.29 is 29.1 Å². The molecule has 144 valence electrons. The summed E-state index contributed by atoms with van der Waals surface area (Å²) in [5, 5.41) is 16.0. The number of aliphatic hydroxyl groups is 2. The van der Waals surface area contributed by atoms with Crippen LogP contribution in [0.1, 0.15) is 62.3 Å². The molecule has 1 unspecified atom stereocenters. The van der Waals surface area contributed by atoms with Gasteiger partial charge in [0.25, 0.3) is 0 Å². The van der Waals surface area contributed by atoms with Gasteiger partial charge in [-0.15, -0.1) is 0 Å². The summed E-state index contributed by atoms with van der Waals surface area (Å²) in [5.41, 5.74) is -0.398. The first-order valence-corrected chi connectivity index (χ1v) is 11.6. The maximum atomic E-state index is 11.2. The van der Waals surface area contributed by atoms with E-state index in [2.05, 4.69) is 0 Å². The monoisotopic (exact) mass is 376 g/mol. The molecule has 0 aromatic heterocycles. The van der Waals surface area contributed by atoms with Crippen LogP contribution in [-0.4, -0.2) is 55.3 Å². The van der Waals surface area contributed by atoms with E-state index in [1.165, 1.54) is 6.92 Å². The number of hydrogen-bond donors (Lipinski definition) is 4. The summed E-state index contributed by atoms with van der Waals surface area (Å²) in [6.07, 6.45) is -0.560. The second-order valence-electron chi connectivity index (χ2n) is 6.75. The minimum Gasteiger partial charge on any atom is -0.394 e. The topological polar surface area (TPSA) is 115 Å². The molecular formula is C15H38O6P2. The van der Waals surface area contributed by atoms with E-state index in [0.717, 1.165) is 0 Å². The molecule has 0 aliphatic rings. The molecule has 0 rings (SSSR count). The van der Waals surface area contributed by atoms with Crippen molar-refractivity contribution in [2.75, 3.05) is 6.61 Å². The van der Waals surface area contributed by atoms with Gasteiger partial charge in [-0.3, -0.25) is 9.13 Å². The van der Waals surface area contributed by atoms with Crippen molar-refractivity contribution in [3.05, 3.63) is 0 Å². The highest BCUT2D eigenvalue weighted by molar-refractivity contribution is 7.59. The predicted octanol–water partition coefficient (Wildman–Crippen LogP) is 3.51. The van der Waals surface area contributed by atoms with E-state index >= 15 is 0 Å². The van der Waals surface area contributed by atoms with Crippen LogP contribution in [0, 0.1) is 0 Å². The highest BCUT2D eigenvalue weighted by Crippen LogP contribution is 2.50. The summed E-state index contributed by atoms with van der Waals surface area (Å²) < 4.78 is 22.3. The summed E-state index contributed by atoms with van der Waals surface area (Å²) in [4.78, 5) is 18.4. The number of hydrogen-bond acceptors (Lipinski definition) is 4. The Morgan fingerprint density at radius 2 is 0.783 bits per heavy atom. The molecule has 0 saturated carbocycles. The molecule has 0 spiro atoms. The van der Waals surface area contributed by atoms with Gasteiger partial charge in [-0.05, 0) is 6.92 Å². The Kier molecular flexibility index (Phi) is 15.4. The maximum absolute atomic E-state index is 11.2. The fourth-order valence-electron chi connectivity index (χ4n) is 1.19. The Morgan fingerprint density at radius 3 is 0.783 bits per heavy atom. The minimum atomic E-state index is -2.84. The summed E-state index contributed by atoms with van der Waals surface area (Å²) in [7, 11) is -5.67. The van der Waals surface area contributed by atoms with Gasteiger partial charge in [0, 0.05) is 22.6 Å². The van der Waals surface area contributed by atoms with Gasteiger partial charge in [-0.25, -0.2) is 0 Å². The lowest BCUT2D eigenvalue weighted by molar-refractivity contribution is 0.110. The third-order valence-electron chi connectivity index (χ3n) is 3.22. The van der Waals surface area contributed by atoms with E-state index in [0.29, 0.717) is 0 Å². The maximum Gasteiger partial charge on any atom is 0.205 e.